The number of hydrogen-bond donors (Lipinski definition) is 2. The smallest absolute Gasteiger partial charge is 0.230 e. The summed E-state index contributed by atoms with van der Waals surface area (Å²) in [4.78, 5) is 22.3. The number of nitrogens with two attached hydrogens (primary N) is 1. The van der Waals surface area contributed by atoms with Gasteiger partial charge in [0.25, 0.3) is 0 Å². The average molecular weight is 360 g/mol. The minimum atomic E-state index is -0.0732. The Kier molecular flexibility index (Phi) is 4.81. The van der Waals surface area contributed by atoms with Gasteiger partial charge in [0.15, 0.2) is 5.13 Å². The normalized spacial score (nSPS) is 10.8. The van der Waals surface area contributed by atoms with Crippen molar-refractivity contribution >= 4 is 45.8 Å². The van der Waals surface area contributed by atoms with Gasteiger partial charge in [0, 0.05) is 18.1 Å². The zero-order chi connectivity index (χ0) is 17.1. The maximum atomic E-state index is 12.1. The first-order chi connectivity index (χ1) is 11.5. The second-order valence-electron chi connectivity index (χ2n) is 5.11. The Labute approximate surface area is 147 Å². The van der Waals surface area contributed by atoms with Gasteiger partial charge in [-0.2, -0.15) is 4.98 Å². The number of thioether (sulfide) groups is 1. The number of hydrogen-bond acceptors (Lipinski definition) is 7. The van der Waals surface area contributed by atoms with Gasteiger partial charge in [0.2, 0.25) is 17.0 Å². The number of aromatic nitrogens is 4. The van der Waals surface area contributed by atoms with Crippen molar-refractivity contribution in [2.45, 2.75) is 24.8 Å². The largest absolute Gasteiger partial charge is 0.368 e. The molecule has 2 aromatic heterocycles. The summed E-state index contributed by atoms with van der Waals surface area (Å²) in [5, 5.41) is 9.73. The third-order valence-corrected chi connectivity index (χ3v) is 4.89. The molecule has 7 nitrogen and oxygen atoms in total. The van der Waals surface area contributed by atoms with Crippen molar-refractivity contribution in [3.63, 3.8) is 0 Å². The van der Waals surface area contributed by atoms with E-state index in [2.05, 4.69) is 20.2 Å². The molecule has 0 radical (unpaired) electrons. The van der Waals surface area contributed by atoms with Gasteiger partial charge in [-0.3, -0.25) is 9.69 Å². The highest BCUT2D eigenvalue weighted by molar-refractivity contribution is 7.98. The van der Waals surface area contributed by atoms with E-state index in [4.69, 9.17) is 5.73 Å². The van der Waals surface area contributed by atoms with Crippen LogP contribution < -0.4 is 10.6 Å². The highest BCUT2D eigenvalue weighted by Crippen LogP contribution is 2.31. The van der Waals surface area contributed by atoms with Crippen LogP contribution in [0.15, 0.2) is 34.8 Å². The molecular weight excluding hydrogens is 344 g/mol. The Balaban J connectivity index is 1.78. The fraction of sp³-hybridized carbons (Fsp3) is 0.200. The van der Waals surface area contributed by atoms with Gasteiger partial charge in [-0.15, -0.1) is 16.4 Å². The highest BCUT2D eigenvalue weighted by Gasteiger charge is 2.18. The van der Waals surface area contributed by atoms with Crippen LogP contribution in [-0.4, -0.2) is 26.1 Å². The molecule has 0 aliphatic carbocycles. The van der Waals surface area contributed by atoms with Crippen LogP contribution >= 0.6 is 23.1 Å². The number of nitrogens with one attached hydrogen (secondary N) is 1. The van der Waals surface area contributed by atoms with Crippen LogP contribution in [0.1, 0.15) is 18.2 Å². The van der Waals surface area contributed by atoms with Crippen LogP contribution in [0.25, 0.3) is 0 Å². The second kappa shape index (κ2) is 7.02. The zero-order valence-electron chi connectivity index (χ0n) is 13.2. The molecule has 0 saturated heterocycles. The Morgan fingerprint density at radius 3 is 2.92 bits per heavy atom. The second-order valence-corrected chi connectivity index (χ2v) is 6.89. The van der Waals surface area contributed by atoms with Crippen LogP contribution in [0.2, 0.25) is 0 Å². The molecule has 0 aliphatic heterocycles. The SMILES string of the molecule is CC(=O)N(c1cccc(C)c1)c1nc(CSc2n[nH]c(N)n2)cs1. The molecule has 0 unspecified atom stereocenters. The predicted octanol–water partition coefficient (Wildman–Crippen LogP) is 3.13. The number of rotatable bonds is 5. The van der Waals surface area contributed by atoms with Crippen molar-refractivity contribution in [1.82, 2.24) is 20.2 Å². The molecule has 3 aromatic rings. The van der Waals surface area contributed by atoms with E-state index in [1.807, 2.05) is 36.6 Å². The number of amides is 1. The molecule has 0 saturated carbocycles. The van der Waals surface area contributed by atoms with Crippen molar-refractivity contribution in [2.75, 3.05) is 10.6 Å². The van der Waals surface area contributed by atoms with Gasteiger partial charge in [-0.1, -0.05) is 23.9 Å². The number of carbonyl (C=O) groups excluding carboxylic acids is 1. The molecule has 24 heavy (non-hydrogen) atoms. The summed E-state index contributed by atoms with van der Waals surface area (Å²) in [5.41, 5.74) is 8.27. The van der Waals surface area contributed by atoms with E-state index >= 15 is 0 Å². The Morgan fingerprint density at radius 1 is 1.42 bits per heavy atom. The number of aromatic amines is 1. The van der Waals surface area contributed by atoms with Gasteiger partial charge in [0.05, 0.1) is 11.4 Å². The van der Waals surface area contributed by atoms with E-state index < -0.39 is 0 Å². The number of nitrogens with zero attached hydrogens (tertiary/aromatic N) is 4. The average Bonchev–Trinajstić information content (AvgIpc) is 3.14. The third kappa shape index (κ3) is 3.74. The monoisotopic (exact) mass is 360 g/mol. The Hall–Kier alpha value is -2.39. The summed E-state index contributed by atoms with van der Waals surface area (Å²) < 4.78 is 0. The highest BCUT2D eigenvalue weighted by atomic mass is 32.2. The van der Waals surface area contributed by atoms with Crippen molar-refractivity contribution in [3.05, 3.63) is 40.9 Å². The summed E-state index contributed by atoms with van der Waals surface area (Å²) in [6.07, 6.45) is 0. The first-order valence-electron chi connectivity index (χ1n) is 7.15. The van der Waals surface area contributed by atoms with Crippen molar-refractivity contribution in [1.29, 1.82) is 0 Å². The fourth-order valence-corrected chi connectivity index (χ4v) is 3.81. The molecular formula is C15H16N6OS2. The Bertz CT molecular complexity index is 859. The van der Waals surface area contributed by atoms with Crippen LogP contribution in [0.4, 0.5) is 16.8 Å². The zero-order valence-corrected chi connectivity index (χ0v) is 14.8. The lowest BCUT2D eigenvalue weighted by atomic mass is 10.2. The topological polar surface area (TPSA) is 101 Å². The standard InChI is InChI=1S/C15H16N6OS2/c1-9-4-3-5-12(6-9)21(10(2)22)15-17-11(8-24-15)7-23-14-18-13(16)19-20-14/h3-6,8H,7H2,1-2H3,(H3,16,18,19,20). The van der Waals surface area contributed by atoms with Crippen LogP contribution in [0.5, 0.6) is 0 Å². The van der Waals surface area contributed by atoms with Crippen molar-refractivity contribution in [2.24, 2.45) is 0 Å². The number of carbonyl (C=O) groups is 1. The Morgan fingerprint density at radius 2 is 2.25 bits per heavy atom. The fourth-order valence-electron chi connectivity index (χ4n) is 2.12. The molecule has 0 spiro atoms. The number of aryl methyl sites for hydroxylation is 1. The first-order valence-corrected chi connectivity index (χ1v) is 9.02. The maximum absolute atomic E-state index is 12.1. The molecule has 3 rings (SSSR count). The molecule has 3 N–H and O–H groups in total. The number of benzene rings is 1. The number of thiazole rings is 1. The van der Waals surface area contributed by atoms with Crippen LogP contribution in [0.3, 0.4) is 0 Å². The van der Waals surface area contributed by atoms with E-state index in [9.17, 15) is 4.79 Å². The predicted molar refractivity (Wildman–Crippen MR) is 96.5 cm³/mol. The van der Waals surface area contributed by atoms with Gasteiger partial charge in [-0.25, -0.2) is 10.1 Å². The van der Waals surface area contributed by atoms with E-state index in [0.717, 1.165) is 16.9 Å². The quantitative estimate of drug-likeness (QED) is 0.678. The molecule has 124 valence electrons. The molecule has 0 fully saturated rings. The summed E-state index contributed by atoms with van der Waals surface area (Å²) in [5.74, 6) is 0.822. The molecule has 2 heterocycles. The minimum Gasteiger partial charge on any atom is -0.368 e. The summed E-state index contributed by atoms with van der Waals surface area (Å²) in [6.45, 7) is 3.53. The van der Waals surface area contributed by atoms with Gasteiger partial charge < -0.3 is 5.73 Å². The van der Waals surface area contributed by atoms with Crippen LogP contribution in [0, 0.1) is 6.92 Å². The lowest BCUT2D eigenvalue weighted by Gasteiger charge is -2.18. The molecule has 0 bridgehead atoms. The van der Waals surface area contributed by atoms with E-state index in [-0.39, 0.29) is 5.91 Å². The maximum Gasteiger partial charge on any atom is 0.230 e. The lowest BCUT2D eigenvalue weighted by Crippen LogP contribution is -2.22. The van der Waals surface area contributed by atoms with Crippen molar-refractivity contribution in [3.8, 4) is 0 Å². The molecule has 0 aliphatic rings. The molecule has 1 aromatic carbocycles. The summed E-state index contributed by atoms with van der Waals surface area (Å²) >= 11 is 2.87. The van der Waals surface area contributed by atoms with E-state index in [0.29, 0.717) is 22.0 Å². The van der Waals surface area contributed by atoms with E-state index in [1.165, 1.54) is 30.0 Å². The number of H-pyrrole nitrogens is 1. The van der Waals surface area contributed by atoms with Crippen LogP contribution in [-0.2, 0) is 10.5 Å². The number of nitrogen functional groups attached to an aromatic ring is 1. The minimum absolute atomic E-state index is 0.0732. The van der Waals surface area contributed by atoms with Crippen molar-refractivity contribution < 1.29 is 4.79 Å². The van der Waals surface area contributed by atoms with Gasteiger partial charge in [0.1, 0.15) is 0 Å². The van der Waals surface area contributed by atoms with E-state index in [1.54, 1.807) is 4.90 Å². The summed E-state index contributed by atoms with van der Waals surface area (Å²) in [7, 11) is 0. The summed E-state index contributed by atoms with van der Waals surface area (Å²) in [6, 6.07) is 7.79. The first kappa shape index (κ1) is 16.5. The molecule has 9 heteroatoms. The molecule has 0 atom stereocenters. The van der Waals surface area contributed by atoms with Gasteiger partial charge >= 0.3 is 0 Å². The molecule has 1 amide bonds. The third-order valence-electron chi connectivity index (χ3n) is 3.14. The lowest BCUT2D eigenvalue weighted by molar-refractivity contribution is -0.115. The number of anilines is 3. The van der Waals surface area contributed by atoms with Gasteiger partial charge in [-0.05, 0) is 24.6 Å².